The minimum absolute atomic E-state index is 0.00925. The maximum absolute atomic E-state index is 12.3. The van der Waals surface area contributed by atoms with Gasteiger partial charge in [0, 0.05) is 46.8 Å². The third-order valence-electron chi connectivity index (χ3n) is 7.05. The second-order valence-electron chi connectivity index (χ2n) is 9.09. The predicted octanol–water partition coefficient (Wildman–Crippen LogP) is 5.68. The molecule has 1 amide bonds. The fourth-order valence-electron chi connectivity index (χ4n) is 5.45. The first-order valence-corrected chi connectivity index (χ1v) is 12.7. The lowest BCUT2D eigenvalue weighted by molar-refractivity contribution is -0.131. The largest absolute Gasteiger partial charge is 0.493 e. The van der Waals surface area contributed by atoms with Gasteiger partial charge in [-0.1, -0.05) is 12.6 Å². The molecule has 4 aromatic rings. The van der Waals surface area contributed by atoms with Crippen LogP contribution in [0.25, 0.3) is 21.0 Å². The van der Waals surface area contributed by atoms with Crippen LogP contribution in [0.5, 0.6) is 11.5 Å². The molecule has 2 aliphatic rings. The highest BCUT2D eigenvalue weighted by molar-refractivity contribution is 7.17. The number of rotatable bonds is 6. The molecule has 2 aliphatic heterocycles. The Bertz CT molecular complexity index is 1420. The summed E-state index contributed by atoms with van der Waals surface area (Å²) in [5, 5.41) is 7.63. The van der Waals surface area contributed by atoms with Gasteiger partial charge in [-0.15, -0.1) is 11.3 Å². The van der Waals surface area contributed by atoms with Crippen LogP contribution in [-0.4, -0.2) is 46.1 Å². The summed E-state index contributed by atoms with van der Waals surface area (Å²) < 4.78 is 13.4. The first-order valence-electron chi connectivity index (χ1n) is 11.8. The summed E-state index contributed by atoms with van der Waals surface area (Å²) in [5.41, 5.74) is 1.74. The monoisotopic (exact) mass is 486 g/mol. The molecular formula is C27H26N4O3S. The van der Waals surface area contributed by atoms with E-state index in [0.717, 1.165) is 42.3 Å². The molecule has 8 heteroatoms. The number of hydrogen-bond donors (Lipinski definition) is 1. The van der Waals surface area contributed by atoms with Gasteiger partial charge in [0.15, 0.2) is 11.5 Å². The molecule has 2 unspecified atom stereocenters. The number of carbonyl (C=O) groups is 1. The third kappa shape index (κ3) is 3.97. The van der Waals surface area contributed by atoms with E-state index < -0.39 is 0 Å². The number of ether oxygens (including phenoxy) is 2. The summed E-state index contributed by atoms with van der Waals surface area (Å²) >= 11 is 1.71. The van der Waals surface area contributed by atoms with Crippen molar-refractivity contribution in [3.05, 3.63) is 60.8 Å². The average Bonchev–Trinajstić information content (AvgIpc) is 3.45. The third-order valence-corrected chi connectivity index (χ3v) is 7.93. The Hall–Kier alpha value is -3.65. The number of methoxy groups -OCH3 is 1. The van der Waals surface area contributed by atoms with E-state index in [-0.39, 0.29) is 24.1 Å². The van der Waals surface area contributed by atoms with Gasteiger partial charge in [-0.05, 0) is 53.9 Å². The van der Waals surface area contributed by atoms with E-state index in [9.17, 15) is 4.79 Å². The molecule has 0 spiro atoms. The fourth-order valence-corrected chi connectivity index (χ4v) is 6.28. The number of anilines is 2. The van der Waals surface area contributed by atoms with Gasteiger partial charge in [0.05, 0.1) is 12.6 Å². The standard InChI is InChI=1S/C27H26N4O3S/c1-3-26(32)31-18-6-7-19(31)12-20(11-18)34-24-13-21-22(14-23(24)33-2)28-15-29-27(21)30-17-5-4-16-8-9-35-25(16)10-17/h3-5,8-10,13-15,18-20H,1,6-7,11-12H2,2H3,(H,28,29,30). The highest BCUT2D eigenvalue weighted by Crippen LogP contribution is 2.41. The van der Waals surface area contributed by atoms with Crippen LogP contribution in [0, 0.1) is 0 Å². The minimum Gasteiger partial charge on any atom is -0.493 e. The van der Waals surface area contributed by atoms with Crippen LogP contribution in [0.15, 0.2) is 60.8 Å². The number of benzene rings is 2. The zero-order chi connectivity index (χ0) is 23.9. The van der Waals surface area contributed by atoms with Crippen LogP contribution in [0.2, 0.25) is 0 Å². The average molecular weight is 487 g/mol. The van der Waals surface area contributed by atoms with Crippen molar-refractivity contribution in [3.63, 3.8) is 0 Å². The van der Waals surface area contributed by atoms with Crippen molar-refractivity contribution in [3.8, 4) is 11.5 Å². The number of nitrogens with zero attached hydrogens (tertiary/aromatic N) is 3. The number of aromatic nitrogens is 2. The molecule has 2 aromatic carbocycles. The quantitative estimate of drug-likeness (QED) is 0.353. The molecule has 35 heavy (non-hydrogen) atoms. The highest BCUT2D eigenvalue weighted by Gasteiger charge is 2.43. The van der Waals surface area contributed by atoms with Gasteiger partial charge < -0.3 is 19.7 Å². The second kappa shape index (κ2) is 8.85. The molecule has 2 bridgehead atoms. The lowest BCUT2D eigenvalue weighted by Crippen LogP contribution is -2.48. The SMILES string of the molecule is C=CC(=O)N1C2CCC1CC(Oc1cc3c(Nc4ccc5ccsc5c4)ncnc3cc1OC)C2. The van der Waals surface area contributed by atoms with Crippen LogP contribution in [0.4, 0.5) is 11.5 Å². The number of thiophene rings is 1. The maximum atomic E-state index is 12.3. The molecule has 4 heterocycles. The zero-order valence-corrected chi connectivity index (χ0v) is 20.3. The molecule has 0 radical (unpaired) electrons. The Morgan fingerprint density at radius 3 is 2.74 bits per heavy atom. The molecular weight excluding hydrogens is 460 g/mol. The van der Waals surface area contributed by atoms with E-state index in [1.165, 1.54) is 16.2 Å². The molecule has 178 valence electrons. The Morgan fingerprint density at radius 2 is 1.97 bits per heavy atom. The topological polar surface area (TPSA) is 76.6 Å². The number of hydrogen-bond acceptors (Lipinski definition) is 7. The van der Waals surface area contributed by atoms with Crippen molar-refractivity contribution in [1.29, 1.82) is 0 Å². The summed E-state index contributed by atoms with van der Waals surface area (Å²) in [6.07, 6.45) is 6.60. The van der Waals surface area contributed by atoms with E-state index >= 15 is 0 Å². The van der Waals surface area contributed by atoms with Gasteiger partial charge in [-0.2, -0.15) is 0 Å². The van der Waals surface area contributed by atoms with E-state index in [1.807, 2.05) is 17.0 Å². The van der Waals surface area contributed by atoms with Crippen molar-refractivity contribution < 1.29 is 14.3 Å². The van der Waals surface area contributed by atoms with E-state index in [2.05, 4.69) is 51.5 Å². The lowest BCUT2D eigenvalue weighted by Gasteiger charge is -2.38. The smallest absolute Gasteiger partial charge is 0.246 e. The minimum atomic E-state index is 0.00925. The molecule has 2 atom stereocenters. The Labute approximate surface area is 207 Å². The van der Waals surface area contributed by atoms with Crippen molar-refractivity contribution in [1.82, 2.24) is 14.9 Å². The molecule has 2 fully saturated rings. The summed E-state index contributed by atoms with van der Waals surface area (Å²) in [6.45, 7) is 3.66. The van der Waals surface area contributed by atoms with Crippen LogP contribution in [0.3, 0.4) is 0 Å². The Morgan fingerprint density at radius 1 is 1.14 bits per heavy atom. The molecule has 2 aromatic heterocycles. The first-order chi connectivity index (χ1) is 17.1. The van der Waals surface area contributed by atoms with Crippen LogP contribution >= 0.6 is 11.3 Å². The zero-order valence-electron chi connectivity index (χ0n) is 19.4. The molecule has 0 aliphatic carbocycles. The second-order valence-corrected chi connectivity index (χ2v) is 10.0. The van der Waals surface area contributed by atoms with Gasteiger partial charge in [-0.3, -0.25) is 4.79 Å². The van der Waals surface area contributed by atoms with Crippen molar-refractivity contribution in [2.75, 3.05) is 12.4 Å². The summed E-state index contributed by atoms with van der Waals surface area (Å²) in [6, 6.07) is 12.7. The maximum Gasteiger partial charge on any atom is 0.246 e. The van der Waals surface area contributed by atoms with Gasteiger partial charge >= 0.3 is 0 Å². The fraction of sp³-hybridized carbons (Fsp3) is 0.296. The van der Waals surface area contributed by atoms with Crippen molar-refractivity contribution in [2.24, 2.45) is 0 Å². The number of piperidine rings is 1. The van der Waals surface area contributed by atoms with E-state index in [0.29, 0.717) is 17.3 Å². The highest BCUT2D eigenvalue weighted by atomic mass is 32.1. The molecule has 6 rings (SSSR count). The van der Waals surface area contributed by atoms with Crippen LogP contribution < -0.4 is 14.8 Å². The molecule has 2 saturated heterocycles. The Balaban J connectivity index is 1.30. The van der Waals surface area contributed by atoms with Gasteiger partial charge in [0.25, 0.3) is 0 Å². The molecule has 7 nitrogen and oxygen atoms in total. The predicted molar refractivity (Wildman–Crippen MR) is 139 cm³/mol. The summed E-state index contributed by atoms with van der Waals surface area (Å²) in [4.78, 5) is 23.3. The van der Waals surface area contributed by atoms with Crippen LogP contribution in [-0.2, 0) is 4.79 Å². The van der Waals surface area contributed by atoms with Crippen molar-refractivity contribution >= 4 is 49.7 Å². The lowest BCUT2D eigenvalue weighted by atomic mass is 9.99. The number of nitrogens with one attached hydrogen (secondary N) is 1. The van der Waals surface area contributed by atoms with Gasteiger partial charge in [0.2, 0.25) is 5.91 Å². The van der Waals surface area contributed by atoms with Gasteiger partial charge in [-0.25, -0.2) is 9.97 Å². The molecule has 0 saturated carbocycles. The Kier molecular flexibility index (Phi) is 5.53. The normalized spacial score (nSPS) is 21.3. The molecule has 1 N–H and O–H groups in total. The van der Waals surface area contributed by atoms with E-state index in [4.69, 9.17) is 9.47 Å². The van der Waals surface area contributed by atoms with Crippen LogP contribution in [0.1, 0.15) is 25.7 Å². The van der Waals surface area contributed by atoms with Gasteiger partial charge in [0.1, 0.15) is 18.2 Å². The van der Waals surface area contributed by atoms with Crippen molar-refractivity contribution in [2.45, 2.75) is 43.9 Å². The number of carbonyl (C=O) groups excluding carboxylic acids is 1. The summed E-state index contributed by atoms with van der Waals surface area (Å²) in [5.74, 6) is 2.04. The number of fused-ring (bicyclic) bond motifs is 4. The number of amides is 1. The first kappa shape index (κ1) is 21.9. The van der Waals surface area contributed by atoms with E-state index in [1.54, 1.807) is 24.8 Å². The summed E-state index contributed by atoms with van der Waals surface area (Å²) in [7, 11) is 1.64.